The third-order valence-electron chi connectivity index (χ3n) is 2.79. The molecule has 0 amide bonds. The zero-order chi connectivity index (χ0) is 13.6. The molecule has 0 saturated carbocycles. The number of imidazole rings is 1. The smallest absolute Gasteiger partial charge is 0.182 e. The molecular formula is C13H7BrF2N2S. The molecular weight excluding hydrogens is 334 g/mol. The van der Waals surface area contributed by atoms with E-state index in [-0.39, 0.29) is 5.52 Å². The lowest BCUT2D eigenvalue weighted by Crippen LogP contribution is -1.94. The van der Waals surface area contributed by atoms with Crippen LogP contribution in [0.5, 0.6) is 0 Å². The minimum atomic E-state index is -0.656. The van der Waals surface area contributed by atoms with Crippen LogP contribution in [-0.4, -0.2) is 9.55 Å². The van der Waals surface area contributed by atoms with Crippen LogP contribution in [0.3, 0.4) is 0 Å². The van der Waals surface area contributed by atoms with E-state index in [0.29, 0.717) is 10.3 Å². The van der Waals surface area contributed by atoms with Gasteiger partial charge in [0.2, 0.25) is 0 Å². The first kappa shape index (κ1) is 12.5. The van der Waals surface area contributed by atoms with Gasteiger partial charge in [0.1, 0.15) is 11.3 Å². The molecule has 0 aliphatic carbocycles. The molecule has 0 atom stereocenters. The molecule has 0 aliphatic heterocycles. The summed E-state index contributed by atoms with van der Waals surface area (Å²) >= 11 is 8.51. The highest BCUT2D eigenvalue weighted by Gasteiger charge is 2.12. The Morgan fingerprint density at radius 3 is 2.47 bits per heavy atom. The molecule has 0 aliphatic rings. The van der Waals surface area contributed by atoms with E-state index in [4.69, 9.17) is 12.2 Å². The van der Waals surface area contributed by atoms with Gasteiger partial charge in [0.25, 0.3) is 0 Å². The number of benzene rings is 2. The first-order valence-electron chi connectivity index (χ1n) is 5.42. The highest BCUT2D eigenvalue weighted by Crippen LogP contribution is 2.24. The summed E-state index contributed by atoms with van der Waals surface area (Å²) in [6.45, 7) is 0. The van der Waals surface area contributed by atoms with E-state index >= 15 is 0 Å². The van der Waals surface area contributed by atoms with E-state index in [2.05, 4.69) is 20.9 Å². The lowest BCUT2D eigenvalue weighted by Gasteiger charge is -2.04. The molecule has 0 radical (unpaired) electrons. The average molecular weight is 341 g/mol. The maximum Gasteiger partial charge on any atom is 0.182 e. The van der Waals surface area contributed by atoms with Crippen LogP contribution in [-0.2, 0) is 0 Å². The quantitative estimate of drug-likeness (QED) is 0.635. The molecule has 0 bridgehead atoms. The van der Waals surface area contributed by atoms with Gasteiger partial charge >= 0.3 is 0 Å². The topological polar surface area (TPSA) is 20.7 Å². The number of nitrogens with zero attached hydrogens (tertiary/aromatic N) is 1. The summed E-state index contributed by atoms with van der Waals surface area (Å²) < 4.78 is 29.9. The number of aromatic amines is 1. The summed E-state index contributed by atoms with van der Waals surface area (Å²) in [5.74, 6) is -1.29. The van der Waals surface area contributed by atoms with Crippen LogP contribution in [0.2, 0.25) is 0 Å². The SMILES string of the molecule is Fc1cc(F)c2[nH]c(=S)n(-c3ccc(Br)cc3)c2c1. The van der Waals surface area contributed by atoms with Gasteiger partial charge in [-0.2, -0.15) is 0 Å². The van der Waals surface area contributed by atoms with Crippen LogP contribution in [0.4, 0.5) is 8.78 Å². The number of fused-ring (bicyclic) bond motifs is 1. The Labute approximate surface area is 120 Å². The van der Waals surface area contributed by atoms with Gasteiger partial charge in [-0.25, -0.2) is 8.78 Å². The second kappa shape index (κ2) is 4.54. The van der Waals surface area contributed by atoms with Gasteiger partial charge in [-0.15, -0.1) is 0 Å². The summed E-state index contributed by atoms with van der Waals surface area (Å²) in [4.78, 5) is 2.76. The number of nitrogens with one attached hydrogen (secondary N) is 1. The predicted octanol–water partition coefficient (Wildman–Crippen LogP) is 4.73. The van der Waals surface area contributed by atoms with Crippen molar-refractivity contribution in [3.63, 3.8) is 0 Å². The molecule has 1 heterocycles. The lowest BCUT2D eigenvalue weighted by atomic mass is 10.2. The van der Waals surface area contributed by atoms with E-state index in [9.17, 15) is 8.78 Å². The molecule has 0 unspecified atom stereocenters. The van der Waals surface area contributed by atoms with Crippen molar-refractivity contribution in [2.75, 3.05) is 0 Å². The maximum absolute atomic E-state index is 13.7. The van der Waals surface area contributed by atoms with Gasteiger partial charge in [0, 0.05) is 22.3 Å². The van der Waals surface area contributed by atoms with Gasteiger partial charge in [-0.1, -0.05) is 15.9 Å². The summed E-state index contributed by atoms with van der Waals surface area (Å²) in [5, 5.41) is 0. The second-order valence-corrected chi connectivity index (χ2v) is 5.33. The molecule has 3 rings (SSSR count). The number of H-pyrrole nitrogens is 1. The zero-order valence-electron chi connectivity index (χ0n) is 9.45. The molecule has 6 heteroatoms. The van der Waals surface area contributed by atoms with Gasteiger partial charge in [0.15, 0.2) is 10.6 Å². The fourth-order valence-electron chi connectivity index (χ4n) is 1.98. The molecule has 96 valence electrons. The largest absolute Gasteiger partial charge is 0.328 e. The fraction of sp³-hybridized carbons (Fsp3) is 0. The Kier molecular flexibility index (Phi) is 2.99. The summed E-state index contributed by atoms with van der Waals surface area (Å²) in [7, 11) is 0. The van der Waals surface area contributed by atoms with Crippen LogP contribution in [0, 0.1) is 16.4 Å². The standard InChI is InChI=1S/C13H7BrF2N2S/c14-7-1-3-9(4-2-7)18-11-6-8(15)5-10(16)12(11)17-13(18)19/h1-6H,(H,17,19). The van der Waals surface area contributed by atoms with Crippen molar-refractivity contribution >= 4 is 39.2 Å². The number of aromatic nitrogens is 2. The van der Waals surface area contributed by atoms with Crippen molar-refractivity contribution in [3.8, 4) is 5.69 Å². The molecule has 0 spiro atoms. The highest BCUT2D eigenvalue weighted by molar-refractivity contribution is 9.10. The first-order chi connectivity index (χ1) is 9.06. The van der Waals surface area contributed by atoms with Gasteiger partial charge in [-0.05, 0) is 36.5 Å². The fourth-order valence-corrected chi connectivity index (χ4v) is 2.55. The molecule has 3 aromatic rings. The molecule has 0 fully saturated rings. The van der Waals surface area contributed by atoms with E-state index in [1.54, 1.807) is 4.57 Å². The highest BCUT2D eigenvalue weighted by atomic mass is 79.9. The van der Waals surface area contributed by atoms with E-state index in [1.165, 1.54) is 6.07 Å². The molecule has 19 heavy (non-hydrogen) atoms. The Morgan fingerprint density at radius 2 is 1.79 bits per heavy atom. The minimum absolute atomic E-state index is 0.203. The van der Waals surface area contributed by atoms with Crippen LogP contribution < -0.4 is 0 Å². The maximum atomic E-state index is 13.7. The van der Waals surface area contributed by atoms with Crippen LogP contribution >= 0.6 is 28.1 Å². The van der Waals surface area contributed by atoms with E-state index in [1.807, 2.05) is 24.3 Å². The summed E-state index contributed by atoms with van der Waals surface area (Å²) in [6, 6.07) is 9.40. The lowest BCUT2D eigenvalue weighted by molar-refractivity contribution is 0.590. The number of halogens is 3. The molecule has 2 aromatic carbocycles. The number of hydrogen-bond acceptors (Lipinski definition) is 1. The Bertz CT molecular complexity index is 821. The van der Waals surface area contributed by atoms with Crippen molar-refractivity contribution in [1.82, 2.24) is 9.55 Å². The van der Waals surface area contributed by atoms with Crippen molar-refractivity contribution in [2.24, 2.45) is 0 Å². The van der Waals surface area contributed by atoms with Crippen LogP contribution in [0.25, 0.3) is 16.7 Å². The van der Waals surface area contributed by atoms with Crippen LogP contribution in [0.1, 0.15) is 0 Å². The molecule has 1 N–H and O–H groups in total. The van der Waals surface area contributed by atoms with E-state index in [0.717, 1.165) is 16.2 Å². The zero-order valence-corrected chi connectivity index (χ0v) is 11.9. The number of hydrogen-bond donors (Lipinski definition) is 1. The predicted molar refractivity (Wildman–Crippen MR) is 76.1 cm³/mol. The molecule has 1 aromatic heterocycles. The van der Waals surface area contributed by atoms with Crippen molar-refractivity contribution in [2.45, 2.75) is 0 Å². The van der Waals surface area contributed by atoms with Crippen LogP contribution in [0.15, 0.2) is 40.9 Å². The van der Waals surface area contributed by atoms with Gasteiger partial charge in [0.05, 0.1) is 5.52 Å². The number of rotatable bonds is 1. The average Bonchev–Trinajstić information content (AvgIpc) is 2.67. The van der Waals surface area contributed by atoms with Crippen molar-refractivity contribution in [1.29, 1.82) is 0 Å². The van der Waals surface area contributed by atoms with E-state index < -0.39 is 11.6 Å². The monoisotopic (exact) mass is 340 g/mol. The first-order valence-corrected chi connectivity index (χ1v) is 6.62. The Balaban J connectivity index is 2.38. The van der Waals surface area contributed by atoms with Gasteiger partial charge < -0.3 is 4.98 Å². The third kappa shape index (κ3) is 2.11. The Morgan fingerprint density at radius 1 is 1.11 bits per heavy atom. The minimum Gasteiger partial charge on any atom is -0.328 e. The summed E-state index contributed by atoms with van der Waals surface area (Å²) in [5.41, 5.74) is 1.32. The second-order valence-electron chi connectivity index (χ2n) is 4.02. The third-order valence-corrected chi connectivity index (χ3v) is 3.61. The Hall–Kier alpha value is -1.53. The normalized spacial score (nSPS) is 11.1. The molecule has 2 nitrogen and oxygen atoms in total. The molecule has 0 saturated heterocycles. The summed E-state index contributed by atoms with van der Waals surface area (Å²) in [6.07, 6.45) is 0. The van der Waals surface area contributed by atoms with Crippen molar-refractivity contribution < 1.29 is 8.78 Å². The van der Waals surface area contributed by atoms with Gasteiger partial charge in [-0.3, -0.25) is 4.57 Å². The van der Waals surface area contributed by atoms with Crippen molar-refractivity contribution in [3.05, 3.63) is 57.3 Å².